The number of hydrogen-bond acceptors (Lipinski definition) is 4. The van der Waals surface area contributed by atoms with E-state index in [1.54, 1.807) is 0 Å². The first-order chi connectivity index (χ1) is 25.8. The van der Waals surface area contributed by atoms with Crippen molar-refractivity contribution in [2.24, 2.45) is 0 Å². The largest absolute Gasteiger partial charge is 0.456 e. The number of hydrogen-bond donors (Lipinski definition) is 0. The number of rotatable bonds is 5. The molecule has 5 nitrogen and oxygen atoms in total. The summed E-state index contributed by atoms with van der Waals surface area (Å²) in [4.78, 5) is 7.30. The van der Waals surface area contributed by atoms with Crippen LogP contribution in [0.4, 0.5) is 17.1 Å². The highest BCUT2D eigenvalue weighted by atomic mass is 16.3. The molecule has 0 aliphatic carbocycles. The van der Waals surface area contributed by atoms with Gasteiger partial charge in [-0.2, -0.15) is 0 Å². The van der Waals surface area contributed by atoms with Gasteiger partial charge in [-0.3, -0.25) is 0 Å². The molecule has 0 spiro atoms. The van der Waals surface area contributed by atoms with E-state index in [2.05, 4.69) is 143 Å². The molecular formula is C47H29N3O2. The standard InChI is InChI=1S/C47H29N3O2/c1-3-12-31(13-4-1)47-48-39-25-22-30-14-11-20-42(45(30)46(39)52-47)49(34-24-27-44-38(29-34)36-18-8-10-21-43(36)51-44)33-23-26-41-37(28-33)35-17-7-9-19-40(35)50(41)32-15-5-2-6-16-32/h1-29H. The summed E-state index contributed by atoms with van der Waals surface area (Å²) in [6, 6.07) is 61.5. The molecule has 0 saturated heterocycles. The zero-order valence-corrected chi connectivity index (χ0v) is 27.9. The molecule has 52 heavy (non-hydrogen) atoms. The second-order valence-corrected chi connectivity index (χ2v) is 13.2. The second kappa shape index (κ2) is 11.2. The molecule has 0 bridgehead atoms. The van der Waals surface area contributed by atoms with Crippen molar-refractivity contribution in [3.63, 3.8) is 0 Å². The maximum atomic E-state index is 6.67. The zero-order valence-electron chi connectivity index (χ0n) is 27.9. The lowest BCUT2D eigenvalue weighted by atomic mass is 10.0. The number of aromatic nitrogens is 2. The maximum Gasteiger partial charge on any atom is 0.227 e. The maximum absolute atomic E-state index is 6.67. The molecule has 0 radical (unpaired) electrons. The van der Waals surface area contributed by atoms with Crippen molar-refractivity contribution in [1.29, 1.82) is 0 Å². The Balaban J connectivity index is 1.21. The van der Waals surface area contributed by atoms with E-state index in [4.69, 9.17) is 13.8 Å². The summed E-state index contributed by atoms with van der Waals surface area (Å²) >= 11 is 0. The fourth-order valence-corrected chi connectivity index (χ4v) is 7.86. The van der Waals surface area contributed by atoms with Crippen LogP contribution in [-0.2, 0) is 0 Å². The van der Waals surface area contributed by atoms with Crippen LogP contribution in [0.2, 0.25) is 0 Å². The van der Waals surface area contributed by atoms with Crippen LogP contribution >= 0.6 is 0 Å². The molecule has 5 heteroatoms. The lowest BCUT2D eigenvalue weighted by Gasteiger charge is -2.27. The Kier molecular flexibility index (Phi) is 6.18. The molecule has 0 N–H and O–H groups in total. The molecule has 0 unspecified atom stereocenters. The van der Waals surface area contributed by atoms with E-state index in [9.17, 15) is 0 Å². The van der Waals surface area contributed by atoms with Gasteiger partial charge in [0.1, 0.15) is 16.7 Å². The highest BCUT2D eigenvalue weighted by Crippen LogP contribution is 2.45. The van der Waals surface area contributed by atoms with Crippen LogP contribution in [-0.4, -0.2) is 9.55 Å². The van der Waals surface area contributed by atoms with E-state index in [0.29, 0.717) is 5.89 Å². The van der Waals surface area contributed by atoms with Gasteiger partial charge in [0.25, 0.3) is 0 Å². The van der Waals surface area contributed by atoms with E-state index in [1.165, 1.54) is 16.3 Å². The smallest absolute Gasteiger partial charge is 0.227 e. The van der Waals surface area contributed by atoms with Gasteiger partial charge in [0.15, 0.2) is 5.58 Å². The van der Waals surface area contributed by atoms with Gasteiger partial charge < -0.3 is 18.3 Å². The van der Waals surface area contributed by atoms with E-state index < -0.39 is 0 Å². The van der Waals surface area contributed by atoms with Crippen LogP contribution in [0.1, 0.15) is 0 Å². The molecule has 0 atom stereocenters. The monoisotopic (exact) mass is 667 g/mol. The summed E-state index contributed by atoms with van der Waals surface area (Å²) in [6.45, 7) is 0. The van der Waals surface area contributed by atoms with Crippen LogP contribution in [0.25, 0.3) is 82.8 Å². The zero-order chi connectivity index (χ0) is 34.2. The van der Waals surface area contributed by atoms with Gasteiger partial charge in [0.05, 0.1) is 22.1 Å². The summed E-state index contributed by atoms with van der Waals surface area (Å²) in [7, 11) is 0. The van der Waals surface area contributed by atoms with Crippen molar-refractivity contribution in [1.82, 2.24) is 9.55 Å². The van der Waals surface area contributed by atoms with Gasteiger partial charge in [-0.25, -0.2) is 4.98 Å². The molecule has 8 aromatic carbocycles. The molecular weight excluding hydrogens is 639 g/mol. The van der Waals surface area contributed by atoms with Crippen LogP contribution in [0.15, 0.2) is 185 Å². The molecule has 0 aliphatic rings. The average molecular weight is 668 g/mol. The van der Waals surface area contributed by atoms with Crippen molar-refractivity contribution in [3.8, 4) is 17.1 Å². The molecule has 0 saturated carbocycles. The molecule has 0 fully saturated rings. The molecule has 11 aromatic rings. The summed E-state index contributed by atoms with van der Waals surface area (Å²) < 4.78 is 15.3. The third kappa shape index (κ3) is 4.33. The minimum Gasteiger partial charge on any atom is -0.456 e. The first-order valence-corrected chi connectivity index (χ1v) is 17.5. The Morgan fingerprint density at radius 3 is 2.04 bits per heavy atom. The minimum atomic E-state index is 0.603. The topological polar surface area (TPSA) is 47.3 Å². The van der Waals surface area contributed by atoms with Crippen molar-refractivity contribution in [2.45, 2.75) is 0 Å². The molecule has 0 amide bonds. The molecule has 3 aromatic heterocycles. The predicted molar refractivity (Wildman–Crippen MR) is 213 cm³/mol. The van der Waals surface area contributed by atoms with Gasteiger partial charge >= 0.3 is 0 Å². The Labute approximate surface area is 298 Å². The van der Waals surface area contributed by atoms with E-state index in [-0.39, 0.29) is 0 Å². The first kappa shape index (κ1) is 28.7. The van der Waals surface area contributed by atoms with E-state index in [0.717, 1.165) is 77.6 Å². The Hall–Kier alpha value is -7.11. The second-order valence-electron chi connectivity index (χ2n) is 13.2. The van der Waals surface area contributed by atoms with E-state index >= 15 is 0 Å². The summed E-state index contributed by atoms with van der Waals surface area (Å²) in [6.07, 6.45) is 0. The van der Waals surface area contributed by atoms with Crippen LogP contribution < -0.4 is 4.90 Å². The summed E-state index contributed by atoms with van der Waals surface area (Å²) in [5.41, 5.74) is 10.7. The van der Waals surface area contributed by atoms with Crippen molar-refractivity contribution in [2.75, 3.05) is 4.90 Å². The van der Waals surface area contributed by atoms with Gasteiger partial charge in [0.2, 0.25) is 5.89 Å². The first-order valence-electron chi connectivity index (χ1n) is 17.5. The number of anilines is 3. The van der Waals surface area contributed by atoms with Crippen LogP contribution in [0.3, 0.4) is 0 Å². The number of para-hydroxylation sites is 3. The minimum absolute atomic E-state index is 0.603. The fourth-order valence-electron chi connectivity index (χ4n) is 7.86. The van der Waals surface area contributed by atoms with Crippen molar-refractivity contribution >= 4 is 82.7 Å². The third-order valence-electron chi connectivity index (χ3n) is 10.2. The molecule has 244 valence electrons. The number of furan rings is 1. The quantitative estimate of drug-likeness (QED) is 0.183. The van der Waals surface area contributed by atoms with Crippen LogP contribution in [0.5, 0.6) is 0 Å². The predicted octanol–water partition coefficient (Wildman–Crippen LogP) is 13.1. The lowest BCUT2D eigenvalue weighted by molar-refractivity contribution is 0.623. The summed E-state index contributed by atoms with van der Waals surface area (Å²) in [5, 5.41) is 6.59. The highest BCUT2D eigenvalue weighted by Gasteiger charge is 2.22. The molecule has 3 heterocycles. The number of fused-ring (bicyclic) bond motifs is 9. The highest BCUT2D eigenvalue weighted by molar-refractivity contribution is 6.15. The summed E-state index contributed by atoms with van der Waals surface area (Å²) in [5.74, 6) is 0.603. The van der Waals surface area contributed by atoms with Gasteiger partial charge in [-0.15, -0.1) is 0 Å². The van der Waals surface area contributed by atoms with Crippen molar-refractivity contribution in [3.05, 3.63) is 176 Å². The fraction of sp³-hybridized carbons (Fsp3) is 0. The lowest BCUT2D eigenvalue weighted by Crippen LogP contribution is -2.10. The SMILES string of the molecule is c1ccc(-c2nc3ccc4cccc(N(c5ccc6oc7ccccc7c6c5)c5ccc6c(c5)c5ccccc5n6-c5ccccc5)c4c3o2)cc1. The molecule has 11 rings (SSSR count). The Morgan fingerprint density at radius 2 is 1.17 bits per heavy atom. The Morgan fingerprint density at radius 1 is 0.481 bits per heavy atom. The normalized spacial score (nSPS) is 11.8. The van der Waals surface area contributed by atoms with E-state index in [1.807, 2.05) is 42.5 Å². The number of oxazole rings is 1. The number of nitrogens with zero attached hydrogens (tertiary/aromatic N) is 3. The van der Waals surface area contributed by atoms with Gasteiger partial charge in [0, 0.05) is 44.2 Å². The third-order valence-corrected chi connectivity index (χ3v) is 10.2. The average Bonchev–Trinajstić information content (AvgIpc) is 3.91. The Bertz CT molecular complexity index is 3140. The van der Waals surface area contributed by atoms with Gasteiger partial charge in [-0.1, -0.05) is 91.0 Å². The van der Waals surface area contributed by atoms with Crippen LogP contribution in [0, 0.1) is 0 Å². The number of benzene rings is 8. The van der Waals surface area contributed by atoms with Crippen molar-refractivity contribution < 1.29 is 8.83 Å². The molecule has 0 aliphatic heterocycles. The van der Waals surface area contributed by atoms with Gasteiger partial charge in [-0.05, 0) is 90.3 Å².